The number of hydrogen-bond acceptors (Lipinski definition) is 3. The fourth-order valence-corrected chi connectivity index (χ4v) is 1.99. The molecular weight excluding hydrogens is 248 g/mol. The van der Waals surface area contributed by atoms with E-state index >= 15 is 0 Å². The summed E-state index contributed by atoms with van der Waals surface area (Å²) in [6.45, 7) is 1.09. The number of aliphatic hydroxyl groups is 1. The van der Waals surface area contributed by atoms with E-state index in [2.05, 4.69) is 10.3 Å². The molecule has 1 atom stereocenters. The number of aromatic nitrogens is 1. The third kappa shape index (κ3) is 2.43. The maximum Gasteiger partial charge on any atom is 0.328 e. The number of fused-ring (bicyclic) bond motifs is 1. The molecule has 1 amide bonds. The molecule has 0 aliphatic carbocycles. The maximum atomic E-state index is 12.1. The van der Waals surface area contributed by atoms with E-state index in [-0.39, 0.29) is 0 Å². The molecule has 2 rings (SSSR count). The van der Waals surface area contributed by atoms with Gasteiger partial charge in [-0.1, -0.05) is 18.2 Å². The zero-order valence-corrected chi connectivity index (χ0v) is 10.3. The molecule has 1 aromatic carbocycles. The zero-order chi connectivity index (χ0) is 14.0. The molecule has 2 aromatic rings. The van der Waals surface area contributed by atoms with Gasteiger partial charge in [0.05, 0.1) is 12.2 Å². The Hall–Kier alpha value is -2.34. The SMILES string of the molecule is Cc1[nH]c2ccccc2c1C(=O)N[C@H](CO)C(=O)O. The Morgan fingerprint density at radius 2 is 2.05 bits per heavy atom. The maximum absolute atomic E-state index is 12.1. The summed E-state index contributed by atoms with van der Waals surface area (Å²) in [6, 6.07) is 5.95. The molecule has 19 heavy (non-hydrogen) atoms. The lowest BCUT2D eigenvalue weighted by molar-refractivity contribution is -0.140. The summed E-state index contributed by atoms with van der Waals surface area (Å²) in [5, 5.41) is 20.8. The van der Waals surface area contributed by atoms with Gasteiger partial charge in [0, 0.05) is 16.6 Å². The number of hydrogen-bond donors (Lipinski definition) is 4. The summed E-state index contributed by atoms with van der Waals surface area (Å²) >= 11 is 0. The second-order valence-corrected chi connectivity index (χ2v) is 4.22. The van der Waals surface area contributed by atoms with Gasteiger partial charge in [0.1, 0.15) is 0 Å². The van der Waals surface area contributed by atoms with Gasteiger partial charge in [-0.05, 0) is 13.0 Å². The Bertz CT molecular complexity index is 633. The third-order valence-corrected chi connectivity index (χ3v) is 2.91. The first kappa shape index (κ1) is 13.1. The van der Waals surface area contributed by atoms with Crippen LogP contribution in [0.1, 0.15) is 16.1 Å². The number of carboxylic acid groups (broad SMARTS) is 1. The largest absolute Gasteiger partial charge is 0.480 e. The number of aryl methyl sites for hydroxylation is 1. The summed E-state index contributed by atoms with van der Waals surface area (Å²) in [7, 11) is 0. The smallest absolute Gasteiger partial charge is 0.328 e. The highest BCUT2D eigenvalue weighted by molar-refractivity contribution is 6.08. The fourth-order valence-electron chi connectivity index (χ4n) is 1.99. The molecule has 0 saturated heterocycles. The molecule has 1 aromatic heterocycles. The molecule has 0 fully saturated rings. The second kappa shape index (κ2) is 5.11. The van der Waals surface area contributed by atoms with E-state index < -0.39 is 24.5 Å². The van der Waals surface area contributed by atoms with Crippen LogP contribution in [0, 0.1) is 6.92 Å². The van der Waals surface area contributed by atoms with Crippen molar-refractivity contribution in [2.45, 2.75) is 13.0 Å². The molecule has 1 heterocycles. The predicted octanol–water partition coefficient (Wildman–Crippen LogP) is 0.652. The monoisotopic (exact) mass is 262 g/mol. The lowest BCUT2D eigenvalue weighted by Crippen LogP contribution is -2.43. The van der Waals surface area contributed by atoms with Crippen molar-refractivity contribution in [3.05, 3.63) is 35.5 Å². The van der Waals surface area contributed by atoms with E-state index in [0.717, 1.165) is 10.9 Å². The average molecular weight is 262 g/mol. The van der Waals surface area contributed by atoms with Crippen molar-refractivity contribution >= 4 is 22.8 Å². The minimum absolute atomic E-state index is 0.398. The Labute approximate surface area is 109 Å². The van der Waals surface area contributed by atoms with E-state index in [1.54, 1.807) is 19.1 Å². The first-order valence-electron chi connectivity index (χ1n) is 5.76. The molecule has 100 valence electrons. The van der Waals surface area contributed by atoms with Gasteiger partial charge in [0.25, 0.3) is 5.91 Å². The molecule has 0 aliphatic heterocycles. The van der Waals surface area contributed by atoms with Gasteiger partial charge < -0.3 is 20.5 Å². The topological polar surface area (TPSA) is 102 Å². The van der Waals surface area contributed by atoms with Crippen molar-refractivity contribution in [1.82, 2.24) is 10.3 Å². The standard InChI is InChI=1S/C13H14N2O4/c1-7-11(8-4-2-3-5-9(8)14-7)12(17)15-10(6-16)13(18)19/h2-5,10,14,16H,6H2,1H3,(H,15,17)(H,18,19)/t10-/m1/s1. The quantitative estimate of drug-likeness (QED) is 0.649. The van der Waals surface area contributed by atoms with Crippen LogP contribution in [0.3, 0.4) is 0 Å². The number of benzene rings is 1. The van der Waals surface area contributed by atoms with Crippen LogP contribution in [-0.2, 0) is 4.79 Å². The summed E-state index contributed by atoms with van der Waals surface area (Å²) in [5.41, 5.74) is 1.86. The Morgan fingerprint density at radius 1 is 1.37 bits per heavy atom. The number of carboxylic acids is 1. The van der Waals surface area contributed by atoms with Crippen LogP contribution >= 0.6 is 0 Å². The number of para-hydroxylation sites is 1. The van der Waals surface area contributed by atoms with Crippen LogP contribution in [-0.4, -0.2) is 39.7 Å². The number of carbonyl (C=O) groups is 2. The molecule has 4 N–H and O–H groups in total. The van der Waals surface area contributed by atoms with Gasteiger partial charge in [-0.2, -0.15) is 0 Å². The van der Waals surface area contributed by atoms with Crippen molar-refractivity contribution < 1.29 is 19.8 Å². The van der Waals surface area contributed by atoms with Gasteiger partial charge in [-0.25, -0.2) is 4.79 Å². The molecule has 0 spiro atoms. The third-order valence-electron chi connectivity index (χ3n) is 2.91. The number of nitrogens with one attached hydrogen (secondary N) is 2. The van der Waals surface area contributed by atoms with Gasteiger partial charge in [0.15, 0.2) is 6.04 Å². The Morgan fingerprint density at radius 3 is 2.68 bits per heavy atom. The molecule has 0 radical (unpaired) electrons. The highest BCUT2D eigenvalue weighted by atomic mass is 16.4. The van der Waals surface area contributed by atoms with Crippen molar-refractivity contribution in [2.24, 2.45) is 0 Å². The van der Waals surface area contributed by atoms with Crippen LogP contribution in [0.4, 0.5) is 0 Å². The highest BCUT2D eigenvalue weighted by Crippen LogP contribution is 2.21. The van der Waals surface area contributed by atoms with E-state index in [1.807, 2.05) is 12.1 Å². The van der Waals surface area contributed by atoms with Gasteiger partial charge in [-0.15, -0.1) is 0 Å². The molecule has 0 unspecified atom stereocenters. The van der Waals surface area contributed by atoms with E-state index in [0.29, 0.717) is 11.3 Å². The number of rotatable bonds is 4. The lowest BCUT2D eigenvalue weighted by Gasteiger charge is -2.11. The van der Waals surface area contributed by atoms with Gasteiger partial charge in [-0.3, -0.25) is 4.79 Å². The molecule has 0 bridgehead atoms. The van der Waals surface area contributed by atoms with Crippen LogP contribution in [0.25, 0.3) is 10.9 Å². The normalized spacial score (nSPS) is 12.3. The summed E-state index contributed by atoms with van der Waals surface area (Å²) in [5.74, 6) is -1.79. The van der Waals surface area contributed by atoms with Gasteiger partial charge in [0.2, 0.25) is 0 Å². The molecule has 6 nitrogen and oxygen atoms in total. The molecule has 0 aliphatic rings. The first-order chi connectivity index (χ1) is 9.04. The number of aromatic amines is 1. The Kier molecular flexibility index (Phi) is 3.52. The van der Waals surface area contributed by atoms with Crippen LogP contribution < -0.4 is 5.32 Å². The zero-order valence-electron chi connectivity index (χ0n) is 10.3. The molecular formula is C13H14N2O4. The van der Waals surface area contributed by atoms with Crippen molar-refractivity contribution in [2.75, 3.05) is 6.61 Å². The average Bonchev–Trinajstić information content (AvgIpc) is 2.71. The minimum atomic E-state index is -1.31. The van der Waals surface area contributed by atoms with E-state index in [9.17, 15) is 9.59 Å². The number of amides is 1. The van der Waals surface area contributed by atoms with Crippen LogP contribution in [0.2, 0.25) is 0 Å². The van der Waals surface area contributed by atoms with Gasteiger partial charge >= 0.3 is 5.97 Å². The number of aliphatic carboxylic acids is 1. The van der Waals surface area contributed by atoms with Crippen molar-refractivity contribution in [3.63, 3.8) is 0 Å². The van der Waals surface area contributed by atoms with Crippen LogP contribution in [0.15, 0.2) is 24.3 Å². The predicted molar refractivity (Wildman–Crippen MR) is 69.0 cm³/mol. The number of H-pyrrole nitrogens is 1. The lowest BCUT2D eigenvalue weighted by atomic mass is 10.1. The second-order valence-electron chi connectivity index (χ2n) is 4.22. The summed E-state index contributed by atoms with van der Waals surface area (Å²) < 4.78 is 0. The number of carbonyl (C=O) groups excluding carboxylic acids is 1. The highest BCUT2D eigenvalue weighted by Gasteiger charge is 2.22. The van der Waals surface area contributed by atoms with Crippen molar-refractivity contribution in [1.29, 1.82) is 0 Å². The number of aliphatic hydroxyl groups excluding tert-OH is 1. The van der Waals surface area contributed by atoms with Crippen LogP contribution in [0.5, 0.6) is 0 Å². The minimum Gasteiger partial charge on any atom is -0.480 e. The first-order valence-corrected chi connectivity index (χ1v) is 5.76. The van der Waals surface area contributed by atoms with E-state index in [1.165, 1.54) is 0 Å². The summed E-state index contributed by atoms with van der Waals surface area (Å²) in [4.78, 5) is 26.0. The van der Waals surface area contributed by atoms with Crippen molar-refractivity contribution in [3.8, 4) is 0 Å². The molecule has 0 saturated carbocycles. The molecule has 6 heteroatoms. The summed E-state index contributed by atoms with van der Waals surface area (Å²) in [6.07, 6.45) is 0. The fraction of sp³-hybridized carbons (Fsp3) is 0.231. The Balaban J connectivity index is 2.36. The van der Waals surface area contributed by atoms with E-state index in [4.69, 9.17) is 10.2 Å².